The smallest absolute Gasteiger partial charge is 0.243 e. The number of nitrogens with zero attached hydrogens (tertiary/aromatic N) is 3. The van der Waals surface area contributed by atoms with Gasteiger partial charge in [-0.25, -0.2) is 18.4 Å². The van der Waals surface area contributed by atoms with Gasteiger partial charge in [-0.3, -0.25) is 0 Å². The molecule has 1 aromatic carbocycles. The van der Waals surface area contributed by atoms with E-state index in [1.165, 1.54) is 6.33 Å². The van der Waals surface area contributed by atoms with Gasteiger partial charge in [0.15, 0.2) is 0 Å². The number of benzene rings is 1. The highest BCUT2D eigenvalue weighted by Crippen LogP contribution is 2.28. The molecule has 3 rings (SSSR count). The molecule has 0 unspecified atom stereocenters. The minimum absolute atomic E-state index is 0.0263. The van der Waals surface area contributed by atoms with Crippen LogP contribution < -0.4 is 4.74 Å². The molecule has 0 spiro atoms. The molecule has 6 nitrogen and oxygen atoms in total. The van der Waals surface area contributed by atoms with Crippen LogP contribution in [0.25, 0.3) is 0 Å². The minimum atomic E-state index is -3.48. The lowest BCUT2D eigenvalue weighted by molar-refractivity contribution is 0.129. The van der Waals surface area contributed by atoms with Gasteiger partial charge >= 0.3 is 0 Å². The quantitative estimate of drug-likeness (QED) is 0.837. The van der Waals surface area contributed by atoms with Crippen LogP contribution >= 0.6 is 0 Å². The molecule has 2 heterocycles. The van der Waals surface area contributed by atoms with Gasteiger partial charge in [0.25, 0.3) is 0 Å². The van der Waals surface area contributed by atoms with E-state index in [0.717, 1.165) is 16.7 Å². The Bertz CT molecular complexity index is 822. The first-order chi connectivity index (χ1) is 11.9. The summed E-state index contributed by atoms with van der Waals surface area (Å²) in [6, 6.07) is 5.55. The zero-order valence-electron chi connectivity index (χ0n) is 14.8. The Labute approximate surface area is 148 Å². The van der Waals surface area contributed by atoms with Crippen molar-refractivity contribution in [2.24, 2.45) is 0 Å². The van der Waals surface area contributed by atoms with Gasteiger partial charge < -0.3 is 4.74 Å². The molecule has 134 valence electrons. The van der Waals surface area contributed by atoms with Crippen LogP contribution in [0.3, 0.4) is 0 Å². The molecule has 2 aromatic rings. The average Bonchev–Trinajstić information content (AvgIpc) is 2.55. The Kier molecular flexibility index (Phi) is 5.06. The lowest BCUT2D eigenvalue weighted by atomic mass is 10.1. The van der Waals surface area contributed by atoms with Crippen molar-refractivity contribution < 1.29 is 13.2 Å². The van der Waals surface area contributed by atoms with E-state index in [2.05, 4.69) is 9.97 Å². The Morgan fingerprint density at radius 3 is 2.32 bits per heavy atom. The Morgan fingerprint density at radius 2 is 1.76 bits per heavy atom. The maximum absolute atomic E-state index is 13.1. The fourth-order valence-electron chi connectivity index (χ4n) is 3.41. The maximum atomic E-state index is 13.1. The first-order valence-electron chi connectivity index (χ1n) is 8.38. The van der Waals surface area contributed by atoms with E-state index in [1.807, 2.05) is 32.9 Å². The van der Waals surface area contributed by atoms with E-state index >= 15 is 0 Å². The molecule has 0 radical (unpaired) electrons. The highest BCUT2D eigenvalue weighted by atomic mass is 32.2. The third kappa shape index (κ3) is 3.82. The van der Waals surface area contributed by atoms with Crippen LogP contribution in [0.2, 0.25) is 0 Å². The molecule has 1 aliphatic heterocycles. The predicted octanol–water partition coefficient (Wildman–Crippen LogP) is 2.63. The molecular formula is C18H23N3O3S. The van der Waals surface area contributed by atoms with Crippen molar-refractivity contribution >= 4 is 10.0 Å². The highest BCUT2D eigenvalue weighted by Gasteiger charge is 2.32. The molecule has 1 fully saturated rings. The van der Waals surface area contributed by atoms with Gasteiger partial charge in [-0.15, -0.1) is 0 Å². The van der Waals surface area contributed by atoms with Gasteiger partial charge in [0.2, 0.25) is 15.9 Å². The number of aryl methyl sites for hydroxylation is 3. The number of piperidine rings is 1. The van der Waals surface area contributed by atoms with Crippen LogP contribution in [0.4, 0.5) is 0 Å². The predicted molar refractivity (Wildman–Crippen MR) is 95.1 cm³/mol. The van der Waals surface area contributed by atoms with Crippen LogP contribution in [0.1, 0.15) is 29.5 Å². The minimum Gasteiger partial charge on any atom is -0.474 e. The standard InChI is InChI=1S/C18H23N3O3S/c1-13-10-14(2)18(15(3)11-13)25(22,23)21-8-5-16(6-9-21)24-17-4-7-19-12-20-17/h4,7,10-12,16H,5-6,8-9H2,1-3H3. The molecule has 1 saturated heterocycles. The Morgan fingerprint density at radius 1 is 1.12 bits per heavy atom. The van der Waals surface area contributed by atoms with E-state index in [0.29, 0.717) is 36.7 Å². The lowest BCUT2D eigenvalue weighted by Gasteiger charge is -2.32. The van der Waals surface area contributed by atoms with Gasteiger partial charge in [0, 0.05) is 25.4 Å². The third-order valence-corrected chi connectivity index (χ3v) is 6.65. The number of aromatic nitrogens is 2. The molecule has 0 atom stereocenters. The second-order valence-electron chi connectivity index (χ2n) is 6.50. The van der Waals surface area contributed by atoms with Crippen LogP contribution in [0.15, 0.2) is 35.6 Å². The summed E-state index contributed by atoms with van der Waals surface area (Å²) in [7, 11) is -3.48. The lowest BCUT2D eigenvalue weighted by Crippen LogP contribution is -2.42. The van der Waals surface area contributed by atoms with E-state index in [4.69, 9.17) is 4.74 Å². The van der Waals surface area contributed by atoms with E-state index in [-0.39, 0.29) is 6.10 Å². The zero-order valence-corrected chi connectivity index (χ0v) is 15.6. The number of sulfonamides is 1. The van der Waals surface area contributed by atoms with Gasteiger partial charge in [-0.05, 0) is 44.7 Å². The number of ether oxygens (including phenoxy) is 1. The molecule has 7 heteroatoms. The highest BCUT2D eigenvalue weighted by molar-refractivity contribution is 7.89. The van der Waals surface area contributed by atoms with Crippen molar-refractivity contribution in [1.29, 1.82) is 0 Å². The summed E-state index contributed by atoms with van der Waals surface area (Å²) >= 11 is 0. The largest absolute Gasteiger partial charge is 0.474 e. The topological polar surface area (TPSA) is 72.4 Å². The molecule has 0 aliphatic carbocycles. The van der Waals surface area contributed by atoms with Crippen molar-refractivity contribution in [1.82, 2.24) is 14.3 Å². The summed E-state index contributed by atoms with van der Waals surface area (Å²) in [5.41, 5.74) is 2.68. The molecule has 0 saturated carbocycles. The summed E-state index contributed by atoms with van der Waals surface area (Å²) in [5.74, 6) is 0.529. The summed E-state index contributed by atoms with van der Waals surface area (Å²) < 4.78 is 33.5. The van der Waals surface area contributed by atoms with E-state index in [1.54, 1.807) is 16.6 Å². The van der Waals surface area contributed by atoms with Gasteiger partial charge in [-0.2, -0.15) is 4.31 Å². The normalized spacial score (nSPS) is 16.8. The van der Waals surface area contributed by atoms with Crippen molar-refractivity contribution in [2.75, 3.05) is 13.1 Å². The Hall–Kier alpha value is -1.99. The summed E-state index contributed by atoms with van der Waals surface area (Å²) in [5, 5.41) is 0. The number of hydrogen-bond donors (Lipinski definition) is 0. The van der Waals surface area contributed by atoms with E-state index in [9.17, 15) is 8.42 Å². The average molecular weight is 361 g/mol. The SMILES string of the molecule is Cc1cc(C)c(S(=O)(=O)N2CCC(Oc3ccncn3)CC2)c(C)c1. The molecular weight excluding hydrogens is 338 g/mol. The van der Waals surface area contributed by atoms with Crippen LogP contribution in [0, 0.1) is 20.8 Å². The van der Waals surface area contributed by atoms with Gasteiger partial charge in [-0.1, -0.05) is 17.7 Å². The molecule has 1 aromatic heterocycles. The fourth-order valence-corrected chi connectivity index (χ4v) is 5.29. The second kappa shape index (κ2) is 7.09. The van der Waals surface area contributed by atoms with Gasteiger partial charge in [0.05, 0.1) is 4.90 Å². The first kappa shape index (κ1) is 17.8. The van der Waals surface area contributed by atoms with Crippen molar-refractivity contribution in [2.45, 2.75) is 44.6 Å². The van der Waals surface area contributed by atoms with Crippen molar-refractivity contribution in [3.63, 3.8) is 0 Å². The maximum Gasteiger partial charge on any atom is 0.243 e. The summed E-state index contributed by atoms with van der Waals surface area (Å²) in [6.45, 7) is 6.59. The Balaban J connectivity index is 1.72. The molecule has 0 N–H and O–H groups in total. The molecule has 1 aliphatic rings. The second-order valence-corrected chi connectivity index (χ2v) is 8.37. The molecule has 0 bridgehead atoms. The number of rotatable bonds is 4. The van der Waals surface area contributed by atoms with E-state index < -0.39 is 10.0 Å². The monoisotopic (exact) mass is 361 g/mol. The van der Waals surface area contributed by atoms with Gasteiger partial charge in [0.1, 0.15) is 12.4 Å². The zero-order chi connectivity index (χ0) is 18.0. The van der Waals surface area contributed by atoms with Crippen LogP contribution in [0.5, 0.6) is 5.88 Å². The summed E-state index contributed by atoms with van der Waals surface area (Å²) in [6.07, 6.45) is 4.34. The molecule has 0 amide bonds. The van der Waals surface area contributed by atoms with Crippen LogP contribution in [-0.2, 0) is 10.0 Å². The van der Waals surface area contributed by atoms with Crippen molar-refractivity contribution in [3.8, 4) is 5.88 Å². The molecule has 25 heavy (non-hydrogen) atoms. The van der Waals surface area contributed by atoms with Crippen molar-refractivity contribution in [3.05, 3.63) is 47.4 Å². The van der Waals surface area contributed by atoms with Crippen LogP contribution in [-0.4, -0.2) is 41.9 Å². The fraction of sp³-hybridized carbons (Fsp3) is 0.444. The first-order valence-corrected chi connectivity index (χ1v) is 9.82. The number of hydrogen-bond acceptors (Lipinski definition) is 5. The summed E-state index contributed by atoms with van der Waals surface area (Å²) in [4.78, 5) is 8.35. The third-order valence-electron chi connectivity index (χ3n) is 4.45.